The predicted molar refractivity (Wildman–Crippen MR) is 108 cm³/mol. The first kappa shape index (κ1) is 21.7. The van der Waals surface area contributed by atoms with E-state index < -0.39 is 17.7 Å². The second kappa shape index (κ2) is 9.52. The average molecular weight is 424 g/mol. The molecule has 0 bridgehead atoms. The van der Waals surface area contributed by atoms with Crippen molar-refractivity contribution >= 4 is 46.3 Å². The zero-order chi connectivity index (χ0) is 20.8. The third-order valence-corrected chi connectivity index (χ3v) is 4.24. The topological polar surface area (TPSA) is 89.4 Å². The zero-order valence-electron chi connectivity index (χ0n) is 15.7. The van der Waals surface area contributed by atoms with E-state index in [2.05, 4.69) is 15.5 Å². The number of benzene rings is 2. The number of aryl methyl sites for hydroxylation is 1. The number of methoxy groups -OCH3 is 2. The number of nitrogens with zero attached hydrogens (tertiary/aromatic N) is 2. The van der Waals surface area contributed by atoms with E-state index >= 15 is 0 Å². The van der Waals surface area contributed by atoms with Crippen molar-refractivity contribution in [2.24, 2.45) is 10.2 Å². The summed E-state index contributed by atoms with van der Waals surface area (Å²) >= 11 is 12.2. The number of Topliss-reactive ketones (excluding diaryl/α,β-unsaturated/α-hetero) is 1. The number of ether oxygens (including phenoxy) is 2. The van der Waals surface area contributed by atoms with E-state index in [-0.39, 0.29) is 11.4 Å². The van der Waals surface area contributed by atoms with Crippen molar-refractivity contribution in [3.05, 3.63) is 45.9 Å². The van der Waals surface area contributed by atoms with Gasteiger partial charge in [-0.05, 0) is 37.6 Å². The van der Waals surface area contributed by atoms with Gasteiger partial charge in [0.1, 0.15) is 5.69 Å². The summed E-state index contributed by atoms with van der Waals surface area (Å²) in [4.78, 5) is 24.6. The van der Waals surface area contributed by atoms with Crippen molar-refractivity contribution in [2.45, 2.75) is 19.9 Å². The van der Waals surface area contributed by atoms with Gasteiger partial charge in [-0.2, -0.15) is 10.2 Å². The smallest absolute Gasteiger partial charge is 0.258 e. The molecule has 0 saturated carbocycles. The molecule has 0 aliphatic carbocycles. The second-order valence-electron chi connectivity index (χ2n) is 5.86. The fraction of sp³-hybridized carbons (Fsp3) is 0.263. The summed E-state index contributed by atoms with van der Waals surface area (Å²) in [5.74, 6) is -0.585. The molecule has 9 heteroatoms. The predicted octanol–water partition coefficient (Wildman–Crippen LogP) is 5.00. The molecule has 1 amide bonds. The van der Waals surface area contributed by atoms with E-state index in [1.807, 2.05) is 6.92 Å². The second-order valence-corrected chi connectivity index (χ2v) is 6.71. The first-order chi connectivity index (χ1) is 13.3. The van der Waals surface area contributed by atoms with Crippen LogP contribution in [0.4, 0.5) is 11.4 Å². The van der Waals surface area contributed by atoms with Gasteiger partial charge in [-0.25, -0.2) is 0 Å². The molecule has 0 fully saturated rings. The number of ketones is 1. The number of rotatable bonds is 7. The van der Waals surface area contributed by atoms with Crippen LogP contribution >= 0.6 is 23.2 Å². The standard InChI is InChI=1S/C19H19Cl2N3O4/c1-10-5-6-14(13(21)7-10)23-24-17(11(2)25)19(26)22-15-8-12(20)9-16(27-3)18(15)28-4/h5-9,17H,1-4H3,(H,22,26). The molecule has 0 aliphatic heterocycles. The maximum Gasteiger partial charge on any atom is 0.258 e. The van der Waals surface area contributed by atoms with Crippen molar-refractivity contribution in [1.29, 1.82) is 0 Å². The lowest BCUT2D eigenvalue weighted by Gasteiger charge is -2.15. The van der Waals surface area contributed by atoms with Gasteiger partial charge < -0.3 is 14.8 Å². The van der Waals surface area contributed by atoms with E-state index in [1.165, 1.54) is 33.3 Å². The van der Waals surface area contributed by atoms with Crippen LogP contribution in [-0.2, 0) is 9.59 Å². The van der Waals surface area contributed by atoms with Crippen LogP contribution in [0.3, 0.4) is 0 Å². The molecular formula is C19H19Cl2N3O4. The lowest BCUT2D eigenvalue weighted by atomic mass is 10.2. The Hall–Kier alpha value is -2.64. The lowest BCUT2D eigenvalue weighted by Crippen LogP contribution is -2.32. The molecule has 2 rings (SSSR count). The number of hydrogen-bond acceptors (Lipinski definition) is 6. The van der Waals surface area contributed by atoms with Crippen LogP contribution in [0.25, 0.3) is 0 Å². The Morgan fingerprint density at radius 3 is 2.39 bits per heavy atom. The third kappa shape index (κ3) is 5.21. The van der Waals surface area contributed by atoms with Crippen LogP contribution in [0.15, 0.2) is 40.6 Å². The number of azo groups is 1. The Balaban J connectivity index is 2.30. The average Bonchev–Trinajstić information content (AvgIpc) is 2.62. The number of hydrogen-bond donors (Lipinski definition) is 1. The van der Waals surface area contributed by atoms with Crippen LogP contribution in [0.1, 0.15) is 12.5 Å². The Morgan fingerprint density at radius 1 is 1.11 bits per heavy atom. The summed E-state index contributed by atoms with van der Waals surface area (Å²) in [7, 11) is 2.86. The number of carbonyl (C=O) groups is 2. The van der Waals surface area contributed by atoms with Gasteiger partial charge in [0.2, 0.25) is 6.04 Å². The van der Waals surface area contributed by atoms with Gasteiger partial charge in [-0.15, -0.1) is 0 Å². The first-order valence-electron chi connectivity index (χ1n) is 8.16. The minimum atomic E-state index is -1.37. The van der Waals surface area contributed by atoms with Crippen LogP contribution in [0, 0.1) is 6.92 Å². The van der Waals surface area contributed by atoms with E-state index in [0.717, 1.165) is 5.56 Å². The summed E-state index contributed by atoms with van der Waals surface area (Å²) in [6, 6.07) is 6.81. The van der Waals surface area contributed by atoms with E-state index in [0.29, 0.717) is 21.5 Å². The molecule has 0 saturated heterocycles. The molecule has 0 spiro atoms. The normalized spacial score (nSPS) is 11.9. The van der Waals surface area contributed by atoms with E-state index in [4.69, 9.17) is 32.7 Å². The third-order valence-electron chi connectivity index (χ3n) is 3.72. The van der Waals surface area contributed by atoms with E-state index in [9.17, 15) is 9.59 Å². The van der Waals surface area contributed by atoms with Crippen molar-refractivity contribution in [3.8, 4) is 11.5 Å². The monoisotopic (exact) mass is 423 g/mol. The fourth-order valence-corrected chi connectivity index (χ4v) is 2.84. The number of anilines is 1. The molecule has 28 heavy (non-hydrogen) atoms. The maximum absolute atomic E-state index is 12.6. The minimum absolute atomic E-state index is 0.242. The minimum Gasteiger partial charge on any atom is -0.493 e. The van der Waals surface area contributed by atoms with Crippen molar-refractivity contribution in [3.63, 3.8) is 0 Å². The van der Waals surface area contributed by atoms with Crippen LogP contribution < -0.4 is 14.8 Å². The summed E-state index contributed by atoms with van der Waals surface area (Å²) in [6.45, 7) is 3.13. The SMILES string of the molecule is COc1cc(Cl)cc(NC(=O)C(N=Nc2ccc(C)cc2Cl)C(C)=O)c1OC. The quantitative estimate of drug-likeness (QED) is 0.501. The van der Waals surface area contributed by atoms with Crippen LogP contribution in [0.2, 0.25) is 10.0 Å². The van der Waals surface area contributed by atoms with Gasteiger partial charge in [0.05, 0.1) is 24.9 Å². The zero-order valence-corrected chi connectivity index (χ0v) is 17.3. The van der Waals surface area contributed by atoms with Gasteiger partial charge in [0.15, 0.2) is 17.3 Å². The van der Waals surface area contributed by atoms with E-state index in [1.54, 1.807) is 18.2 Å². The highest BCUT2D eigenvalue weighted by Crippen LogP contribution is 2.38. The molecule has 0 aromatic heterocycles. The largest absolute Gasteiger partial charge is 0.493 e. The van der Waals surface area contributed by atoms with Crippen LogP contribution in [-0.4, -0.2) is 32.0 Å². The number of amides is 1. The molecule has 1 atom stereocenters. The van der Waals surface area contributed by atoms with Gasteiger partial charge in [0, 0.05) is 11.1 Å². The summed E-state index contributed by atoms with van der Waals surface area (Å²) < 4.78 is 10.5. The van der Waals surface area contributed by atoms with Crippen LogP contribution in [0.5, 0.6) is 11.5 Å². The first-order valence-corrected chi connectivity index (χ1v) is 8.92. The molecule has 2 aromatic rings. The molecule has 0 aliphatic rings. The Bertz CT molecular complexity index is 932. The molecule has 0 radical (unpaired) electrons. The Labute approximate surface area is 172 Å². The van der Waals surface area contributed by atoms with Gasteiger partial charge in [-0.3, -0.25) is 9.59 Å². The molecule has 2 aromatic carbocycles. The highest BCUT2D eigenvalue weighted by molar-refractivity contribution is 6.33. The molecule has 7 nitrogen and oxygen atoms in total. The van der Waals surface area contributed by atoms with Crippen molar-refractivity contribution in [1.82, 2.24) is 0 Å². The molecular weight excluding hydrogens is 405 g/mol. The molecule has 0 heterocycles. The summed E-state index contributed by atoms with van der Waals surface area (Å²) in [6.07, 6.45) is 0. The fourth-order valence-electron chi connectivity index (χ4n) is 2.36. The molecule has 1 N–H and O–H groups in total. The Kier molecular flexibility index (Phi) is 7.37. The Morgan fingerprint density at radius 2 is 1.82 bits per heavy atom. The highest BCUT2D eigenvalue weighted by atomic mass is 35.5. The van der Waals surface area contributed by atoms with Crippen molar-refractivity contribution < 1.29 is 19.1 Å². The van der Waals surface area contributed by atoms with Crippen molar-refractivity contribution in [2.75, 3.05) is 19.5 Å². The summed E-state index contributed by atoms with van der Waals surface area (Å²) in [5, 5.41) is 11.1. The number of carbonyl (C=O) groups excluding carboxylic acids is 2. The molecule has 1 unspecified atom stereocenters. The number of halogens is 2. The lowest BCUT2D eigenvalue weighted by molar-refractivity contribution is -0.126. The molecule has 148 valence electrons. The van der Waals surface area contributed by atoms with Gasteiger partial charge >= 0.3 is 0 Å². The van der Waals surface area contributed by atoms with Gasteiger partial charge in [0.25, 0.3) is 5.91 Å². The van der Waals surface area contributed by atoms with Gasteiger partial charge in [-0.1, -0.05) is 29.3 Å². The number of nitrogens with one attached hydrogen (secondary N) is 1. The highest BCUT2D eigenvalue weighted by Gasteiger charge is 2.25. The maximum atomic E-state index is 12.6. The summed E-state index contributed by atoms with van der Waals surface area (Å²) in [5.41, 5.74) is 1.55.